The van der Waals surface area contributed by atoms with Crippen molar-refractivity contribution in [2.45, 2.75) is 39.7 Å². The second kappa shape index (κ2) is 7.92. The van der Waals surface area contributed by atoms with E-state index in [2.05, 4.69) is 10.6 Å². The summed E-state index contributed by atoms with van der Waals surface area (Å²) < 4.78 is 4.88. The number of carbonyl (C=O) groups is 2. The summed E-state index contributed by atoms with van der Waals surface area (Å²) in [6.07, 6.45) is 1.66. The van der Waals surface area contributed by atoms with Gasteiger partial charge in [-0.3, -0.25) is 0 Å². The molecule has 106 valence electrons. The Hall–Kier alpha value is -1.30. The third-order valence-electron chi connectivity index (χ3n) is 2.45. The maximum absolute atomic E-state index is 11.5. The Kier molecular flexibility index (Phi) is 7.35. The maximum atomic E-state index is 11.5. The SMILES string of the molecule is COCCCCNC(=O)N[C@H](C(=O)O)C(C)(C)C. The van der Waals surface area contributed by atoms with Crippen molar-refractivity contribution in [3.63, 3.8) is 0 Å². The highest BCUT2D eigenvalue weighted by Crippen LogP contribution is 2.19. The van der Waals surface area contributed by atoms with Crippen LogP contribution in [0.4, 0.5) is 4.79 Å². The number of unbranched alkanes of at least 4 members (excludes halogenated alkanes) is 1. The zero-order valence-electron chi connectivity index (χ0n) is 11.6. The van der Waals surface area contributed by atoms with Crippen molar-refractivity contribution in [3.8, 4) is 0 Å². The highest BCUT2D eigenvalue weighted by molar-refractivity contribution is 5.83. The molecule has 1 atom stereocenters. The van der Waals surface area contributed by atoms with Crippen LogP contribution in [0.25, 0.3) is 0 Å². The first kappa shape index (κ1) is 16.7. The van der Waals surface area contributed by atoms with Crippen molar-refractivity contribution in [1.29, 1.82) is 0 Å². The lowest BCUT2D eigenvalue weighted by Gasteiger charge is -2.27. The monoisotopic (exact) mass is 260 g/mol. The average Bonchev–Trinajstić information content (AvgIpc) is 2.23. The molecular weight excluding hydrogens is 236 g/mol. The molecule has 6 heteroatoms. The van der Waals surface area contributed by atoms with E-state index in [1.807, 2.05) is 0 Å². The third-order valence-corrected chi connectivity index (χ3v) is 2.45. The Morgan fingerprint density at radius 2 is 1.89 bits per heavy atom. The molecule has 3 N–H and O–H groups in total. The fourth-order valence-corrected chi connectivity index (χ4v) is 1.40. The van der Waals surface area contributed by atoms with Gasteiger partial charge in [-0.15, -0.1) is 0 Å². The molecule has 0 radical (unpaired) electrons. The molecule has 0 aromatic rings. The zero-order valence-corrected chi connectivity index (χ0v) is 11.6. The Bertz CT molecular complexity index is 274. The summed E-state index contributed by atoms with van der Waals surface area (Å²) in [5.41, 5.74) is -0.529. The van der Waals surface area contributed by atoms with Gasteiger partial charge in [-0.2, -0.15) is 0 Å². The molecule has 0 aliphatic carbocycles. The summed E-state index contributed by atoms with van der Waals surface area (Å²) in [6, 6.07) is -1.36. The number of hydrogen-bond donors (Lipinski definition) is 3. The lowest BCUT2D eigenvalue weighted by molar-refractivity contribution is -0.141. The number of nitrogens with one attached hydrogen (secondary N) is 2. The largest absolute Gasteiger partial charge is 0.480 e. The molecule has 2 amide bonds. The summed E-state index contributed by atoms with van der Waals surface area (Å²) in [5, 5.41) is 14.1. The van der Waals surface area contributed by atoms with Gasteiger partial charge in [0.25, 0.3) is 0 Å². The molecule has 6 nitrogen and oxygen atoms in total. The first-order chi connectivity index (χ1) is 8.29. The van der Waals surface area contributed by atoms with Gasteiger partial charge in [-0.05, 0) is 18.3 Å². The number of carbonyl (C=O) groups excluding carboxylic acids is 1. The van der Waals surface area contributed by atoms with Crippen molar-refractivity contribution in [2.75, 3.05) is 20.3 Å². The number of amides is 2. The van der Waals surface area contributed by atoms with E-state index in [1.54, 1.807) is 27.9 Å². The van der Waals surface area contributed by atoms with Gasteiger partial charge >= 0.3 is 12.0 Å². The standard InChI is InChI=1S/C12H24N2O4/c1-12(2,3)9(10(15)16)14-11(17)13-7-5-6-8-18-4/h9H,5-8H2,1-4H3,(H,15,16)(H2,13,14,17)/t9-/m1/s1. The van der Waals surface area contributed by atoms with Crippen LogP contribution in [0.1, 0.15) is 33.6 Å². The van der Waals surface area contributed by atoms with Gasteiger partial charge in [0.05, 0.1) is 0 Å². The molecule has 0 aromatic carbocycles. The van der Waals surface area contributed by atoms with Crippen LogP contribution in [-0.4, -0.2) is 43.4 Å². The van der Waals surface area contributed by atoms with E-state index < -0.39 is 23.5 Å². The Balaban J connectivity index is 4.01. The second-order valence-corrected chi connectivity index (χ2v) is 5.24. The van der Waals surface area contributed by atoms with Gasteiger partial charge < -0.3 is 20.5 Å². The van der Waals surface area contributed by atoms with Crippen LogP contribution in [0, 0.1) is 5.41 Å². The zero-order chi connectivity index (χ0) is 14.2. The normalized spacial score (nSPS) is 12.9. The number of carboxylic acids is 1. The van der Waals surface area contributed by atoms with Crippen molar-refractivity contribution in [3.05, 3.63) is 0 Å². The van der Waals surface area contributed by atoms with E-state index in [1.165, 1.54) is 0 Å². The molecule has 0 aromatic heterocycles. The molecule has 0 saturated carbocycles. The predicted molar refractivity (Wildman–Crippen MR) is 68.5 cm³/mol. The van der Waals surface area contributed by atoms with E-state index in [4.69, 9.17) is 9.84 Å². The van der Waals surface area contributed by atoms with Gasteiger partial charge in [-0.25, -0.2) is 9.59 Å². The van der Waals surface area contributed by atoms with Crippen LogP contribution >= 0.6 is 0 Å². The number of hydrogen-bond acceptors (Lipinski definition) is 3. The van der Waals surface area contributed by atoms with Crippen molar-refractivity contribution in [2.24, 2.45) is 5.41 Å². The number of rotatable bonds is 7. The van der Waals surface area contributed by atoms with Crippen LogP contribution < -0.4 is 10.6 Å². The predicted octanol–water partition coefficient (Wildman–Crippen LogP) is 1.21. The average molecular weight is 260 g/mol. The maximum Gasteiger partial charge on any atom is 0.326 e. The first-order valence-corrected chi connectivity index (χ1v) is 6.05. The molecule has 0 rings (SSSR count). The Morgan fingerprint density at radius 1 is 1.28 bits per heavy atom. The van der Waals surface area contributed by atoms with Gasteiger partial charge in [0.1, 0.15) is 6.04 Å². The number of aliphatic carboxylic acids is 1. The minimum absolute atomic E-state index is 0.449. The van der Waals surface area contributed by atoms with Crippen molar-refractivity contribution >= 4 is 12.0 Å². The first-order valence-electron chi connectivity index (χ1n) is 6.05. The van der Waals surface area contributed by atoms with Crippen LogP contribution in [-0.2, 0) is 9.53 Å². The molecule has 0 unspecified atom stereocenters. The van der Waals surface area contributed by atoms with E-state index in [0.717, 1.165) is 12.8 Å². The minimum Gasteiger partial charge on any atom is -0.480 e. The van der Waals surface area contributed by atoms with E-state index >= 15 is 0 Å². The lowest BCUT2D eigenvalue weighted by atomic mass is 9.87. The lowest BCUT2D eigenvalue weighted by Crippen LogP contribution is -2.52. The number of urea groups is 1. The molecule has 0 fully saturated rings. The summed E-state index contributed by atoms with van der Waals surface area (Å²) in [6.45, 7) is 6.47. The van der Waals surface area contributed by atoms with E-state index in [0.29, 0.717) is 13.2 Å². The second-order valence-electron chi connectivity index (χ2n) is 5.24. The summed E-state index contributed by atoms with van der Waals surface area (Å²) in [7, 11) is 1.63. The van der Waals surface area contributed by atoms with Gasteiger partial charge in [-0.1, -0.05) is 20.8 Å². The molecule has 0 spiro atoms. The van der Waals surface area contributed by atoms with Gasteiger partial charge in [0, 0.05) is 20.3 Å². The summed E-state index contributed by atoms with van der Waals surface area (Å²) in [5.74, 6) is -1.03. The van der Waals surface area contributed by atoms with Crippen molar-refractivity contribution < 1.29 is 19.4 Å². The highest BCUT2D eigenvalue weighted by atomic mass is 16.5. The fourth-order valence-electron chi connectivity index (χ4n) is 1.40. The quantitative estimate of drug-likeness (QED) is 0.600. The van der Waals surface area contributed by atoms with E-state index in [-0.39, 0.29) is 0 Å². The molecule has 0 heterocycles. The summed E-state index contributed by atoms with van der Waals surface area (Å²) >= 11 is 0. The topological polar surface area (TPSA) is 87.7 Å². The fraction of sp³-hybridized carbons (Fsp3) is 0.833. The highest BCUT2D eigenvalue weighted by Gasteiger charge is 2.32. The molecule has 18 heavy (non-hydrogen) atoms. The molecule has 0 aliphatic rings. The molecule has 0 saturated heterocycles. The smallest absolute Gasteiger partial charge is 0.326 e. The van der Waals surface area contributed by atoms with Crippen LogP contribution in [0.15, 0.2) is 0 Å². The minimum atomic E-state index is -1.03. The Morgan fingerprint density at radius 3 is 2.33 bits per heavy atom. The van der Waals surface area contributed by atoms with E-state index in [9.17, 15) is 9.59 Å². The summed E-state index contributed by atoms with van der Waals surface area (Å²) in [4.78, 5) is 22.6. The Labute approximate surface area is 108 Å². The molecule has 0 aliphatic heterocycles. The van der Waals surface area contributed by atoms with Crippen LogP contribution in [0.3, 0.4) is 0 Å². The van der Waals surface area contributed by atoms with Crippen molar-refractivity contribution in [1.82, 2.24) is 10.6 Å². The molecule has 0 bridgehead atoms. The number of carboxylic acid groups (broad SMARTS) is 1. The van der Waals surface area contributed by atoms with Crippen LogP contribution in [0.5, 0.6) is 0 Å². The third kappa shape index (κ3) is 7.11. The number of methoxy groups -OCH3 is 1. The van der Waals surface area contributed by atoms with Crippen LogP contribution in [0.2, 0.25) is 0 Å². The number of ether oxygens (including phenoxy) is 1. The molecular formula is C12H24N2O4. The van der Waals surface area contributed by atoms with Gasteiger partial charge in [0.15, 0.2) is 0 Å². The van der Waals surface area contributed by atoms with Gasteiger partial charge in [0.2, 0.25) is 0 Å².